The van der Waals surface area contributed by atoms with Crippen molar-refractivity contribution >= 4 is 11.8 Å². The molecule has 2 N–H and O–H groups in total. The summed E-state index contributed by atoms with van der Waals surface area (Å²) in [5.74, 6) is -0.150. The van der Waals surface area contributed by atoms with Crippen LogP contribution in [-0.2, 0) is 16.1 Å². The molecule has 6 heteroatoms. The molecule has 0 bridgehead atoms. The van der Waals surface area contributed by atoms with Gasteiger partial charge in [-0.1, -0.05) is 31.4 Å². The molecule has 0 atom stereocenters. The van der Waals surface area contributed by atoms with Gasteiger partial charge in [0.1, 0.15) is 5.82 Å². The summed E-state index contributed by atoms with van der Waals surface area (Å²) in [5, 5.41) is 6.08. The first-order chi connectivity index (χ1) is 13.5. The maximum absolute atomic E-state index is 13.6. The van der Waals surface area contributed by atoms with Crippen LogP contribution >= 0.6 is 0 Å². The van der Waals surface area contributed by atoms with Crippen LogP contribution in [0.3, 0.4) is 0 Å². The predicted octanol–water partition coefficient (Wildman–Crippen LogP) is 2.91. The van der Waals surface area contributed by atoms with Gasteiger partial charge in [0, 0.05) is 18.5 Å². The average molecular weight is 390 g/mol. The predicted molar refractivity (Wildman–Crippen MR) is 107 cm³/mol. The zero-order valence-corrected chi connectivity index (χ0v) is 16.8. The van der Waals surface area contributed by atoms with Crippen molar-refractivity contribution < 1.29 is 14.0 Å². The van der Waals surface area contributed by atoms with Crippen molar-refractivity contribution in [2.75, 3.05) is 19.6 Å². The number of piperidine rings is 1. The van der Waals surface area contributed by atoms with E-state index in [2.05, 4.69) is 15.5 Å². The van der Waals surface area contributed by atoms with Gasteiger partial charge in [0.2, 0.25) is 11.8 Å². The summed E-state index contributed by atoms with van der Waals surface area (Å²) in [4.78, 5) is 26.8. The number of hydrogen-bond acceptors (Lipinski definition) is 3. The zero-order valence-electron chi connectivity index (χ0n) is 16.8. The number of aryl methyl sites for hydroxylation is 1. The highest BCUT2D eigenvalue weighted by Crippen LogP contribution is 2.19. The Morgan fingerprint density at radius 3 is 2.50 bits per heavy atom. The SMILES string of the molecule is Cc1ccc(CNC(=O)C2CCN(CC(=O)NC3CCCCC3)CC2)cc1F. The maximum atomic E-state index is 13.6. The van der Waals surface area contributed by atoms with Crippen LogP contribution in [0.15, 0.2) is 18.2 Å². The number of amides is 2. The number of halogens is 1. The van der Waals surface area contributed by atoms with Crippen LogP contribution in [0, 0.1) is 18.7 Å². The fraction of sp³-hybridized carbons (Fsp3) is 0.636. The van der Waals surface area contributed by atoms with Crippen LogP contribution in [0.1, 0.15) is 56.1 Å². The highest BCUT2D eigenvalue weighted by atomic mass is 19.1. The molecule has 0 spiro atoms. The van der Waals surface area contributed by atoms with Crippen molar-refractivity contribution in [3.8, 4) is 0 Å². The summed E-state index contributed by atoms with van der Waals surface area (Å²) >= 11 is 0. The average Bonchev–Trinajstić information content (AvgIpc) is 2.70. The minimum absolute atomic E-state index is 0.0206. The standard InChI is InChI=1S/C22H32FN3O2/c1-16-7-8-17(13-20(16)23)14-24-22(28)18-9-11-26(12-10-18)15-21(27)25-19-5-3-2-4-6-19/h7-8,13,18-19H,2-6,9-12,14-15H2,1H3,(H,24,28)(H,25,27). The molecule has 2 fully saturated rings. The molecule has 3 rings (SSSR count). The molecular weight excluding hydrogens is 357 g/mol. The van der Waals surface area contributed by atoms with Gasteiger partial charge in [0.05, 0.1) is 6.54 Å². The lowest BCUT2D eigenvalue weighted by molar-refractivity contribution is -0.127. The second-order valence-corrected chi connectivity index (χ2v) is 8.25. The molecule has 0 aromatic heterocycles. The third-order valence-electron chi connectivity index (χ3n) is 6.00. The van der Waals surface area contributed by atoms with E-state index in [4.69, 9.17) is 0 Å². The zero-order chi connectivity index (χ0) is 19.9. The minimum Gasteiger partial charge on any atom is -0.352 e. The van der Waals surface area contributed by atoms with Crippen molar-refractivity contribution in [2.45, 2.75) is 64.5 Å². The van der Waals surface area contributed by atoms with Gasteiger partial charge in [-0.05, 0) is 62.9 Å². The summed E-state index contributed by atoms with van der Waals surface area (Å²) in [6, 6.07) is 5.39. The Balaban J connectivity index is 1.36. The number of rotatable bonds is 6. The van der Waals surface area contributed by atoms with Crippen molar-refractivity contribution in [3.63, 3.8) is 0 Å². The molecule has 1 saturated carbocycles. The van der Waals surface area contributed by atoms with Crippen molar-refractivity contribution in [3.05, 3.63) is 35.1 Å². The number of hydrogen-bond donors (Lipinski definition) is 2. The molecule has 2 aliphatic rings. The van der Waals surface area contributed by atoms with Gasteiger partial charge in [-0.2, -0.15) is 0 Å². The Labute approximate surface area is 167 Å². The minimum atomic E-state index is -0.244. The molecular formula is C22H32FN3O2. The lowest BCUT2D eigenvalue weighted by Gasteiger charge is -2.31. The van der Waals surface area contributed by atoms with E-state index >= 15 is 0 Å². The monoisotopic (exact) mass is 389 g/mol. The first kappa shape index (κ1) is 20.8. The van der Waals surface area contributed by atoms with E-state index in [-0.39, 0.29) is 23.5 Å². The third-order valence-corrected chi connectivity index (χ3v) is 6.00. The van der Waals surface area contributed by atoms with Crippen LogP contribution in [0.4, 0.5) is 4.39 Å². The Morgan fingerprint density at radius 1 is 1.11 bits per heavy atom. The fourth-order valence-corrected chi connectivity index (χ4v) is 4.16. The van der Waals surface area contributed by atoms with Crippen molar-refractivity contribution in [1.29, 1.82) is 0 Å². The number of likely N-dealkylation sites (tertiary alicyclic amines) is 1. The van der Waals surface area contributed by atoms with Gasteiger partial charge >= 0.3 is 0 Å². The summed E-state index contributed by atoms with van der Waals surface area (Å²) in [5.41, 5.74) is 1.38. The number of nitrogens with one attached hydrogen (secondary N) is 2. The van der Waals surface area contributed by atoms with E-state index < -0.39 is 0 Å². The van der Waals surface area contributed by atoms with Crippen molar-refractivity contribution in [1.82, 2.24) is 15.5 Å². The molecule has 1 saturated heterocycles. The topological polar surface area (TPSA) is 61.4 Å². The Morgan fingerprint density at radius 2 is 1.82 bits per heavy atom. The molecule has 1 aliphatic carbocycles. The van der Waals surface area contributed by atoms with Crippen LogP contribution in [0.25, 0.3) is 0 Å². The maximum Gasteiger partial charge on any atom is 0.234 e. The summed E-state index contributed by atoms with van der Waals surface area (Å²) in [6.45, 7) is 4.01. The number of benzene rings is 1. The van der Waals surface area contributed by atoms with Crippen LogP contribution in [0.5, 0.6) is 0 Å². The molecule has 154 valence electrons. The Bertz CT molecular complexity index is 680. The van der Waals surface area contributed by atoms with Gasteiger partial charge in [-0.15, -0.1) is 0 Å². The molecule has 28 heavy (non-hydrogen) atoms. The molecule has 2 amide bonds. The number of carbonyl (C=O) groups excluding carboxylic acids is 2. The normalized spacial score (nSPS) is 19.4. The van der Waals surface area contributed by atoms with Crippen LogP contribution in [-0.4, -0.2) is 42.4 Å². The second kappa shape index (κ2) is 10.0. The van der Waals surface area contributed by atoms with E-state index in [0.717, 1.165) is 44.3 Å². The summed E-state index contributed by atoms with van der Waals surface area (Å²) in [6.07, 6.45) is 7.40. The number of carbonyl (C=O) groups is 2. The van der Waals surface area contributed by atoms with Crippen LogP contribution in [0.2, 0.25) is 0 Å². The largest absolute Gasteiger partial charge is 0.352 e. The van der Waals surface area contributed by atoms with Gasteiger partial charge in [0.25, 0.3) is 0 Å². The van der Waals surface area contributed by atoms with E-state index in [1.54, 1.807) is 13.0 Å². The highest BCUT2D eigenvalue weighted by Gasteiger charge is 2.26. The van der Waals surface area contributed by atoms with Crippen molar-refractivity contribution in [2.24, 2.45) is 5.92 Å². The molecule has 1 aliphatic heterocycles. The van der Waals surface area contributed by atoms with Gasteiger partial charge in [0.15, 0.2) is 0 Å². The summed E-state index contributed by atoms with van der Waals surface area (Å²) < 4.78 is 13.6. The first-order valence-corrected chi connectivity index (χ1v) is 10.6. The third kappa shape index (κ3) is 6.03. The first-order valence-electron chi connectivity index (χ1n) is 10.6. The van der Waals surface area contributed by atoms with E-state index in [9.17, 15) is 14.0 Å². The Hall–Kier alpha value is -1.95. The summed E-state index contributed by atoms with van der Waals surface area (Å²) in [7, 11) is 0. The van der Waals surface area contributed by atoms with E-state index in [1.807, 2.05) is 6.07 Å². The highest BCUT2D eigenvalue weighted by molar-refractivity contribution is 5.79. The molecule has 5 nitrogen and oxygen atoms in total. The molecule has 0 radical (unpaired) electrons. The smallest absolute Gasteiger partial charge is 0.234 e. The Kier molecular flexibility index (Phi) is 7.43. The lowest BCUT2D eigenvalue weighted by Crippen LogP contribution is -2.46. The van der Waals surface area contributed by atoms with Gasteiger partial charge in [-0.3, -0.25) is 14.5 Å². The molecule has 1 heterocycles. The second-order valence-electron chi connectivity index (χ2n) is 8.25. The van der Waals surface area contributed by atoms with E-state index in [0.29, 0.717) is 24.7 Å². The molecule has 1 aromatic carbocycles. The number of nitrogens with zero attached hydrogens (tertiary/aromatic N) is 1. The van der Waals surface area contributed by atoms with Crippen LogP contribution < -0.4 is 10.6 Å². The van der Waals surface area contributed by atoms with Gasteiger partial charge < -0.3 is 10.6 Å². The van der Waals surface area contributed by atoms with Gasteiger partial charge in [-0.25, -0.2) is 4.39 Å². The fourth-order valence-electron chi connectivity index (χ4n) is 4.16. The quantitative estimate of drug-likeness (QED) is 0.786. The molecule has 0 unspecified atom stereocenters. The van der Waals surface area contributed by atoms with E-state index in [1.165, 1.54) is 25.3 Å². The molecule has 1 aromatic rings. The lowest BCUT2D eigenvalue weighted by atomic mass is 9.95.